The Balaban J connectivity index is 1.24. The highest BCUT2D eigenvalue weighted by Crippen LogP contribution is 2.42. The molecule has 12 rings (SSSR count). The van der Waals surface area contributed by atoms with Crippen LogP contribution in [0.5, 0.6) is 0 Å². The van der Waals surface area contributed by atoms with E-state index in [4.69, 9.17) is 15.0 Å². The van der Waals surface area contributed by atoms with E-state index in [0.29, 0.717) is 17.5 Å². The van der Waals surface area contributed by atoms with Gasteiger partial charge in [-0.2, -0.15) is 0 Å². The third kappa shape index (κ3) is 4.12. The van der Waals surface area contributed by atoms with Crippen LogP contribution in [0.4, 0.5) is 0 Å². The first-order chi connectivity index (χ1) is 26.8. The topological polar surface area (TPSA) is 47.5 Å². The number of para-hydroxylation sites is 3. The lowest BCUT2D eigenvalue weighted by Gasteiger charge is -2.12. The molecule has 5 nitrogen and oxygen atoms in total. The Bertz CT molecular complexity index is 3430. The molecule has 12 aromatic rings. The van der Waals surface area contributed by atoms with Crippen LogP contribution in [0.2, 0.25) is 0 Å². The normalized spacial score (nSPS) is 12.1. The van der Waals surface area contributed by atoms with Crippen LogP contribution in [0.15, 0.2) is 176 Å². The monoisotopic (exact) mass is 687 g/mol. The Morgan fingerprint density at radius 1 is 0.278 bits per heavy atom. The van der Waals surface area contributed by atoms with Gasteiger partial charge in [-0.25, -0.2) is 15.0 Å². The summed E-state index contributed by atoms with van der Waals surface area (Å²) >= 11 is 0. The first kappa shape index (κ1) is 29.2. The van der Waals surface area contributed by atoms with E-state index in [2.05, 4.69) is 148 Å². The van der Waals surface area contributed by atoms with Gasteiger partial charge in [-0.3, -0.25) is 0 Å². The van der Waals surface area contributed by atoms with Crippen LogP contribution in [0, 0.1) is 0 Å². The predicted molar refractivity (Wildman–Crippen MR) is 223 cm³/mol. The highest BCUT2D eigenvalue weighted by Gasteiger charge is 2.20. The Morgan fingerprint density at radius 3 is 1.46 bits per heavy atom. The van der Waals surface area contributed by atoms with Crippen molar-refractivity contribution in [2.75, 3.05) is 0 Å². The van der Waals surface area contributed by atoms with Gasteiger partial charge in [0.2, 0.25) is 0 Å². The van der Waals surface area contributed by atoms with Gasteiger partial charge in [0.25, 0.3) is 0 Å². The van der Waals surface area contributed by atoms with Crippen molar-refractivity contribution in [3.8, 4) is 34.2 Å². The number of aromatic nitrogens is 5. The number of rotatable bonds is 3. The fourth-order valence-corrected chi connectivity index (χ4v) is 8.67. The molecule has 0 N–H and O–H groups in total. The lowest BCUT2D eigenvalue weighted by Crippen LogP contribution is -2.00. The molecule has 0 aliphatic rings. The quantitative estimate of drug-likeness (QED) is 0.186. The van der Waals surface area contributed by atoms with Crippen molar-refractivity contribution in [2.24, 2.45) is 0 Å². The molecule has 0 amide bonds. The Morgan fingerprint density at radius 2 is 0.759 bits per heavy atom. The van der Waals surface area contributed by atoms with Crippen LogP contribution in [-0.4, -0.2) is 23.8 Å². The first-order valence-corrected chi connectivity index (χ1v) is 18.3. The Kier molecular flexibility index (Phi) is 5.99. The average molecular weight is 688 g/mol. The zero-order valence-corrected chi connectivity index (χ0v) is 29.0. The standard InChI is InChI=1S/C49H29N5/c1-3-13-30(14-4-1)47-50-48(31-15-5-2-6-16-31)52-49(51-47)34-25-26-42-39(28-34)37-20-11-21-38-40-27-32-17-7-8-18-33(32)29-44(40)54-41-23-10-9-19-35(41)36-22-12-24-43(46(36)54)53(42)45(37)38/h1-29H. The van der Waals surface area contributed by atoms with Gasteiger partial charge in [0.05, 0.1) is 33.1 Å². The van der Waals surface area contributed by atoms with Crippen LogP contribution in [-0.2, 0) is 0 Å². The highest BCUT2D eigenvalue weighted by atomic mass is 15.0. The molecule has 4 heterocycles. The second-order valence-electron chi connectivity index (χ2n) is 14.0. The van der Waals surface area contributed by atoms with Crippen molar-refractivity contribution in [2.45, 2.75) is 0 Å². The number of benzene rings is 8. The summed E-state index contributed by atoms with van der Waals surface area (Å²) in [5, 5.41) is 9.66. The highest BCUT2D eigenvalue weighted by molar-refractivity contribution is 6.24. The van der Waals surface area contributed by atoms with E-state index in [0.717, 1.165) is 33.1 Å². The summed E-state index contributed by atoms with van der Waals surface area (Å²) in [7, 11) is 0. The third-order valence-corrected chi connectivity index (χ3v) is 11.1. The summed E-state index contributed by atoms with van der Waals surface area (Å²) in [6, 6.07) is 62.7. The number of nitrogens with zero attached hydrogens (tertiary/aromatic N) is 5. The largest absolute Gasteiger partial charge is 0.307 e. The molecule has 54 heavy (non-hydrogen) atoms. The summed E-state index contributed by atoms with van der Waals surface area (Å²) in [6.07, 6.45) is 0. The molecule has 0 unspecified atom stereocenters. The molecule has 0 aliphatic carbocycles. The van der Waals surface area contributed by atoms with Crippen molar-refractivity contribution in [1.82, 2.24) is 23.8 Å². The fourth-order valence-electron chi connectivity index (χ4n) is 8.67. The van der Waals surface area contributed by atoms with E-state index in [1.54, 1.807) is 0 Å². The molecule has 0 saturated heterocycles. The number of fused-ring (bicyclic) bond motifs is 11. The minimum absolute atomic E-state index is 0.644. The Hall–Kier alpha value is -7.37. The van der Waals surface area contributed by atoms with E-state index in [1.165, 1.54) is 59.8 Å². The molecular weight excluding hydrogens is 659 g/mol. The third-order valence-electron chi connectivity index (χ3n) is 11.1. The van der Waals surface area contributed by atoms with Crippen molar-refractivity contribution in [3.05, 3.63) is 176 Å². The minimum atomic E-state index is 0.644. The van der Waals surface area contributed by atoms with Crippen molar-refractivity contribution in [3.63, 3.8) is 0 Å². The van der Waals surface area contributed by atoms with Crippen LogP contribution in [0.1, 0.15) is 0 Å². The molecular formula is C49H29N5. The zero-order valence-electron chi connectivity index (χ0n) is 29.0. The predicted octanol–water partition coefficient (Wildman–Crippen LogP) is 12.3. The summed E-state index contributed by atoms with van der Waals surface area (Å²) in [5.74, 6) is 1.95. The second kappa shape index (κ2) is 11.1. The van der Waals surface area contributed by atoms with Crippen LogP contribution < -0.4 is 0 Å². The van der Waals surface area contributed by atoms with E-state index >= 15 is 0 Å². The van der Waals surface area contributed by atoms with Crippen molar-refractivity contribution >= 4 is 76.2 Å². The molecule has 0 aliphatic heterocycles. The van der Waals surface area contributed by atoms with Gasteiger partial charge in [0.15, 0.2) is 17.5 Å². The van der Waals surface area contributed by atoms with Gasteiger partial charge in [-0.05, 0) is 53.2 Å². The maximum absolute atomic E-state index is 5.08. The summed E-state index contributed by atoms with van der Waals surface area (Å²) in [4.78, 5) is 15.1. The molecule has 0 spiro atoms. The SMILES string of the molecule is c1ccc(-c2nc(-c3ccccc3)nc(-c3ccc4c(c3)c3cccc5c6cc7ccccc7cc6n6c7ccccc7c7cccc(c76)n4c35)n2)cc1. The molecule has 5 heteroatoms. The van der Waals surface area contributed by atoms with E-state index in [9.17, 15) is 0 Å². The summed E-state index contributed by atoms with van der Waals surface area (Å²) in [6.45, 7) is 0. The lowest BCUT2D eigenvalue weighted by molar-refractivity contribution is 1.07. The molecule has 0 saturated carbocycles. The van der Waals surface area contributed by atoms with Crippen molar-refractivity contribution in [1.29, 1.82) is 0 Å². The smallest absolute Gasteiger partial charge is 0.164 e. The first-order valence-electron chi connectivity index (χ1n) is 18.3. The summed E-state index contributed by atoms with van der Waals surface area (Å²) in [5.41, 5.74) is 9.91. The maximum Gasteiger partial charge on any atom is 0.164 e. The number of hydrogen-bond acceptors (Lipinski definition) is 3. The minimum Gasteiger partial charge on any atom is -0.307 e. The maximum atomic E-state index is 5.08. The molecule has 0 bridgehead atoms. The van der Waals surface area contributed by atoms with Gasteiger partial charge < -0.3 is 8.80 Å². The van der Waals surface area contributed by atoms with E-state index < -0.39 is 0 Å². The van der Waals surface area contributed by atoms with E-state index in [-0.39, 0.29) is 0 Å². The van der Waals surface area contributed by atoms with Crippen molar-refractivity contribution < 1.29 is 0 Å². The average Bonchev–Trinajstić information content (AvgIpc) is 3.76. The lowest BCUT2D eigenvalue weighted by atomic mass is 10.0. The molecule has 8 aromatic carbocycles. The van der Waals surface area contributed by atoms with Crippen LogP contribution in [0.3, 0.4) is 0 Å². The number of hydrogen-bond donors (Lipinski definition) is 0. The van der Waals surface area contributed by atoms with Gasteiger partial charge in [-0.15, -0.1) is 0 Å². The molecule has 0 fully saturated rings. The fraction of sp³-hybridized carbons (Fsp3) is 0. The van der Waals surface area contributed by atoms with Gasteiger partial charge in [0, 0.05) is 49.0 Å². The molecule has 4 aromatic heterocycles. The summed E-state index contributed by atoms with van der Waals surface area (Å²) < 4.78 is 4.97. The van der Waals surface area contributed by atoms with Gasteiger partial charge in [-0.1, -0.05) is 133 Å². The van der Waals surface area contributed by atoms with E-state index in [1.807, 2.05) is 36.4 Å². The van der Waals surface area contributed by atoms with Gasteiger partial charge >= 0.3 is 0 Å². The van der Waals surface area contributed by atoms with Gasteiger partial charge in [0.1, 0.15) is 0 Å². The van der Waals surface area contributed by atoms with Crippen LogP contribution in [0.25, 0.3) is 110 Å². The Labute approximate surface area is 309 Å². The molecule has 250 valence electrons. The zero-order chi connectivity index (χ0) is 35.3. The van der Waals surface area contributed by atoms with Crippen LogP contribution >= 0.6 is 0 Å². The molecule has 0 atom stereocenters. The second-order valence-corrected chi connectivity index (χ2v) is 14.0. The molecule has 0 radical (unpaired) electrons.